The van der Waals surface area contributed by atoms with Crippen LogP contribution in [0.15, 0.2) is 67.0 Å². The minimum atomic E-state index is 0.542. The molecule has 0 saturated heterocycles. The zero-order valence-electron chi connectivity index (χ0n) is 11.6. The number of rotatable bonds is 2. The summed E-state index contributed by atoms with van der Waals surface area (Å²) >= 11 is 0. The van der Waals surface area contributed by atoms with Gasteiger partial charge >= 0.3 is 0 Å². The molecular formula is C17H11N5. The molecular weight excluding hydrogens is 274 g/mol. The van der Waals surface area contributed by atoms with E-state index >= 15 is 0 Å². The number of aromatic nitrogens is 5. The normalized spacial score (nSPS) is 10.7. The molecule has 0 aliphatic carbocycles. The molecule has 5 heteroatoms. The Bertz CT molecular complexity index is 937. The van der Waals surface area contributed by atoms with Crippen LogP contribution >= 0.6 is 0 Å². The SMILES string of the molecule is c1cnnc(-c2nccc(-c3ccc4ccccc4n3)n2)c1. The highest BCUT2D eigenvalue weighted by molar-refractivity contribution is 5.81. The lowest BCUT2D eigenvalue weighted by Crippen LogP contribution is -1.95. The maximum absolute atomic E-state index is 4.65. The molecule has 0 radical (unpaired) electrons. The fourth-order valence-electron chi connectivity index (χ4n) is 2.25. The first-order valence-corrected chi connectivity index (χ1v) is 6.87. The van der Waals surface area contributed by atoms with Crippen LogP contribution in [-0.2, 0) is 0 Å². The summed E-state index contributed by atoms with van der Waals surface area (Å²) in [6.45, 7) is 0. The molecule has 0 atom stereocenters. The second kappa shape index (κ2) is 5.29. The predicted molar refractivity (Wildman–Crippen MR) is 83.8 cm³/mol. The molecule has 1 aromatic carbocycles. The quantitative estimate of drug-likeness (QED) is 0.566. The minimum Gasteiger partial charge on any atom is -0.246 e. The monoisotopic (exact) mass is 285 g/mol. The molecule has 0 saturated carbocycles. The Balaban J connectivity index is 1.81. The fraction of sp³-hybridized carbons (Fsp3) is 0. The Morgan fingerprint density at radius 2 is 1.55 bits per heavy atom. The van der Waals surface area contributed by atoms with Crippen LogP contribution in [0.2, 0.25) is 0 Å². The van der Waals surface area contributed by atoms with Crippen LogP contribution in [0.5, 0.6) is 0 Å². The summed E-state index contributed by atoms with van der Waals surface area (Å²) < 4.78 is 0. The van der Waals surface area contributed by atoms with Gasteiger partial charge in [-0.05, 0) is 30.3 Å². The summed E-state index contributed by atoms with van der Waals surface area (Å²) in [6, 6.07) is 17.5. The maximum atomic E-state index is 4.65. The van der Waals surface area contributed by atoms with E-state index in [1.165, 1.54) is 0 Å². The fourth-order valence-corrected chi connectivity index (χ4v) is 2.25. The maximum Gasteiger partial charge on any atom is 0.180 e. The van der Waals surface area contributed by atoms with Gasteiger partial charge < -0.3 is 0 Å². The Morgan fingerprint density at radius 1 is 0.636 bits per heavy atom. The van der Waals surface area contributed by atoms with Crippen molar-refractivity contribution in [1.82, 2.24) is 25.1 Å². The van der Waals surface area contributed by atoms with Crippen molar-refractivity contribution in [1.29, 1.82) is 0 Å². The van der Waals surface area contributed by atoms with Gasteiger partial charge in [-0.25, -0.2) is 15.0 Å². The van der Waals surface area contributed by atoms with Gasteiger partial charge in [0.15, 0.2) is 5.82 Å². The van der Waals surface area contributed by atoms with Crippen LogP contribution in [0.3, 0.4) is 0 Å². The number of pyridine rings is 1. The van der Waals surface area contributed by atoms with Crippen LogP contribution in [-0.4, -0.2) is 25.1 Å². The van der Waals surface area contributed by atoms with E-state index < -0.39 is 0 Å². The molecule has 22 heavy (non-hydrogen) atoms. The van der Waals surface area contributed by atoms with E-state index in [1.54, 1.807) is 12.4 Å². The first-order valence-electron chi connectivity index (χ1n) is 6.87. The van der Waals surface area contributed by atoms with Crippen LogP contribution in [0, 0.1) is 0 Å². The lowest BCUT2D eigenvalue weighted by Gasteiger charge is -2.04. The molecule has 0 aliphatic heterocycles. The Labute approximate surface area is 126 Å². The highest BCUT2D eigenvalue weighted by Crippen LogP contribution is 2.20. The first kappa shape index (κ1) is 12.5. The Kier molecular flexibility index (Phi) is 3.01. The third-order valence-electron chi connectivity index (χ3n) is 3.32. The molecule has 0 bridgehead atoms. The van der Waals surface area contributed by atoms with E-state index in [9.17, 15) is 0 Å². The molecule has 3 aromatic heterocycles. The second-order valence-electron chi connectivity index (χ2n) is 4.76. The molecule has 4 rings (SSSR count). The summed E-state index contributed by atoms with van der Waals surface area (Å²) in [5.74, 6) is 0.542. The molecule has 4 aromatic rings. The molecule has 0 aliphatic rings. The van der Waals surface area contributed by atoms with Gasteiger partial charge in [-0.15, -0.1) is 5.10 Å². The third-order valence-corrected chi connectivity index (χ3v) is 3.32. The second-order valence-corrected chi connectivity index (χ2v) is 4.76. The Morgan fingerprint density at radius 3 is 2.45 bits per heavy atom. The summed E-state index contributed by atoms with van der Waals surface area (Å²) in [4.78, 5) is 13.5. The topological polar surface area (TPSA) is 64.5 Å². The number of hydrogen-bond donors (Lipinski definition) is 0. The summed E-state index contributed by atoms with van der Waals surface area (Å²) in [7, 11) is 0. The van der Waals surface area contributed by atoms with Crippen molar-refractivity contribution in [3.63, 3.8) is 0 Å². The van der Waals surface area contributed by atoms with E-state index in [1.807, 2.05) is 54.6 Å². The highest BCUT2D eigenvalue weighted by atomic mass is 15.1. The highest BCUT2D eigenvalue weighted by Gasteiger charge is 2.07. The van der Waals surface area contributed by atoms with Crippen LogP contribution in [0.4, 0.5) is 0 Å². The molecule has 5 nitrogen and oxygen atoms in total. The summed E-state index contributed by atoms with van der Waals surface area (Å²) in [5.41, 5.74) is 3.16. The van der Waals surface area contributed by atoms with Crippen LogP contribution in [0.25, 0.3) is 33.8 Å². The van der Waals surface area contributed by atoms with Gasteiger partial charge in [0.2, 0.25) is 0 Å². The van der Waals surface area contributed by atoms with Crippen molar-refractivity contribution in [2.75, 3.05) is 0 Å². The van der Waals surface area contributed by atoms with Crippen molar-refractivity contribution >= 4 is 10.9 Å². The van der Waals surface area contributed by atoms with Gasteiger partial charge in [0.25, 0.3) is 0 Å². The lowest BCUT2D eigenvalue weighted by molar-refractivity contribution is 1.01. The van der Waals surface area contributed by atoms with Crippen molar-refractivity contribution in [3.8, 4) is 22.9 Å². The minimum absolute atomic E-state index is 0.542. The largest absolute Gasteiger partial charge is 0.246 e. The van der Waals surface area contributed by atoms with Crippen molar-refractivity contribution < 1.29 is 0 Å². The smallest absolute Gasteiger partial charge is 0.180 e. The van der Waals surface area contributed by atoms with Gasteiger partial charge in [-0.3, -0.25) is 0 Å². The van der Waals surface area contributed by atoms with Gasteiger partial charge in [-0.2, -0.15) is 5.10 Å². The molecule has 0 unspecified atom stereocenters. The van der Waals surface area contributed by atoms with Gasteiger partial charge in [-0.1, -0.05) is 24.3 Å². The van der Waals surface area contributed by atoms with Crippen molar-refractivity contribution in [2.24, 2.45) is 0 Å². The zero-order chi connectivity index (χ0) is 14.8. The standard InChI is InChI=1S/C17H11N5/c1-2-5-13-12(4-1)7-8-14(20-13)15-9-11-18-17(21-15)16-6-3-10-19-22-16/h1-11H. The number of hydrogen-bond acceptors (Lipinski definition) is 5. The summed E-state index contributed by atoms with van der Waals surface area (Å²) in [6.07, 6.45) is 3.33. The van der Waals surface area contributed by atoms with E-state index in [0.29, 0.717) is 11.5 Å². The average molecular weight is 285 g/mol. The number of nitrogens with zero attached hydrogens (tertiary/aromatic N) is 5. The molecule has 0 N–H and O–H groups in total. The van der Waals surface area contributed by atoms with Crippen LogP contribution < -0.4 is 0 Å². The number of para-hydroxylation sites is 1. The number of benzene rings is 1. The molecule has 0 amide bonds. The zero-order valence-corrected chi connectivity index (χ0v) is 11.6. The molecule has 0 spiro atoms. The lowest BCUT2D eigenvalue weighted by atomic mass is 10.2. The molecule has 104 valence electrons. The van der Waals surface area contributed by atoms with E-state index in [2.05, 4.69) is 25.1 Å². The van der Waals surface area contributed by atoms with Gasteiger partial charge in [0, 0.05) is 17.8 Å². The van der Waals surface area contributed by atoms with Crippen molar-refractivity contribution in [2.45, 2.75) is 0 Å². The van der Waals surface area contributed by atoms with E-state index in [4.69, 9.17) is 0 Å². The van der Waals surface area contributed by atoms with Crippen molar-refractivity contribution in [3.05, 3.63) is 67.0 Å². The average Bonchev–Trinajstić information content (AvgIpc) is 2.62. The number of fused-ring (bicyclic) bond motifs is 1. The van der Waals surface area contributed by atoms with Crippen LogP contribution in [0.1, 0.15) is 0 Å². The predicted octanol–water partition coefficient (Wildman–Crippen LogP) is 3.15. The summed E-state index contributed by atoms with van der Waals surface area (Å²) in [5, 5.41) is 9.00. The molecule has 3 heterocycles. The van der Waals surface area contributed by atoms with E-state index in [-0.39, 0.29) is 0 Å². The van der Waals surface area contributed by atoms with E-state index in [0.717, 1.165) is 22.3 Å². The first-order chi connectivity index (χ1) is 10.9. The third kappa shape index (κ3) is 2.29. The van der Waals surface area contributed by atoms with Gasteiger partial charge in [0.05, 0.1) is 16.9 Å². The van der Waals surface area contributed by atoms with Gasteiger partial charge in [0.1, 0.15) is 5.69 Å². The molecule has 0 fully saturated rings. The Hall–Kier alpha value is -3.21.